The van der Waals surface area contributed by atoms with E-state index in [0.29, 0.717) is 32.7 Å². The average Bonchev–Trinajstić information content (AvgIpc) is 3.29. The van der Waals surface area contributed by atoms with Crippen molar-refractivity contribution in [2.45, 2.75) is 32.2 Å². The number of carbonyl (C=O) groups is 3. The first-order chi connectivity index (χ1) is 14.5. The number of rotatable bonds is 4. The van der Waals surface area contributed by atoms with Gasteiger partial charge < -0.3 is 14.7 Å². The van der Waals surface area contributed by atoms with E-state index in [2.05, 4.69) is 4.90 Å². The normalized spacial score (nSPS) is 21.6. The zero-order chi connectivity index (χ0) is 21.1. The summed E-state index contributed by atoms with van der Waals surface area (Å²) in [5.41, 5.74) is 2.07. The van der Waals surface area contributed by atoms with Crippen molar-refractivity contribution in [3.8, 4) is 0 Å². The Labute approximate surface area is 177 Å². The molecule has 0 aliphatic carbocycles. The molecule has 7 heteroatoms. The average molecular weight is 411 g/mol. The van der Waals surface area contributed by atoms with Crippen molar-refractivity contribution in [2.75, 3.05) is 45.8 Å². The fraction of sp³-hybridized carbons (Fsp3) is 0.522. The Morgan fingerprint density at radius 1 is 0.900 bits per heavy atom. The molecule has 2 saturated heterocycles. The molecule has 0 bridgehead atoms. The quantitative estimate of drug-likeness (QED) is 0.758. The Balaban J connectivity index is 1.34. The van der Waals surface area contributed by atoms with Crippen molar-refractivity contribution in [1.29, 1.82) is 0 Å². The van der Waals surface area contributed by atoms with E-state index in [0.717, 1.165) is 37.1 Å². The number of fused-ring (bicyclic) bond motifs is 1. The lowest BCUT2D eigenvalue weighted by Gasteiger charge is -2.37. The molecule has 1 atom stereocenters. The third-order valence-electron chi connectivity index (χ3n) is 6.38. The van der Waals surface area contributed by atoms with Crippen LogP contribution < -0.4 is 0 Å². The highest BCUT2D eigenvalue weighted by molar-refractivity contribution is 5.82. The molecule has 0 spiro atoms. The molecule has 0 radical (unpaired) electrons. The molecule has 1 aromatic rings. The predicted molar refractivity (Wildman–Crippen MR) is 114 cm³/mol. The van der Waals surface area contributed by atoms with Crippen molar-refractivity contribution in [2.24, 2.45) is 0 Å². The van der Waals surface area contributed by atoms with E-state index >= 15 is 0 Å². The second kappa shape index (κ2) is 9.00. The van der Waals surface area contributed by atoms with E-state index < -0.39 is 0 Å². The third-order valence-corrected chi connectivity index (χ3v) is 6.38. The fourth-order valence-corrected chi connectivity index (χ4v) is 4.62. The van der Waals surface area contributed by atoms with Crippen LogP contribution in [-0.4, -0.2) is 83.1 Å². The van der Waals surface area contributed by atoms with Crippen LogP contribution in [0.4, 0.5) is 0 Å². The van der Waals surface area contributed by atoms with Crippen LogP contribution in [0.3, 0.4) is 0 Å². The van der Waals surface area contributed by atoms with Crippen LogP contribution in [0.2, 0.25) is 0 Å². The highest BCUT2D eigenvalue weighted by Crippen LogP contribution is 2.33. The van der Waals surface area contributed by atoms with Gasteiger partial charge in [-0.15, -0.1) is 0 Å². The minimum absolute atomic E-state index is 0.0573. The zero-order valence-corrected chi connectivity index (χ0v) is 17.6. The second-order valence-corrected chi connectivity index (χ2v) is 8.34. The number of hydrogen-bond donors (Lipinski definition) is 0. The largest absolute Gasteiger partial charge is 0.342 e. The van der Waals surface area contributed by atoms with Gasteiger partial charge in [0.1, 0.15) is 0 Å². The number of amides is 3. The standard InChI is InChI=1S/C23H30N4O3/c1-18(28)27-11-8-19-6-2-3-7-20(19)21(27)16-22(29)26-14-12-24(13-15-26)17-23(30)25-9-4-5-10-25/h2-3,6-8,11,21H,4-5,9-10,12-17H2,1H3. The van der Waals surface area contributed by atoms with Gasteiger partial charge in [0.15, 0.2) is 0 Å². The summed E-state index contributed by atoms with van der Waals surface area (Å²) in [4.78, 5) is 45.2. The molecule has 0 saturated carbocycles. The summed E-state index contributed by atoms with van der Waals surface area (Å²) in [6.07, 6.45) is 6.18. The smallest absolute Gasteiger partial charge is 0.236 e. The van der Waals surface area contributed by atoms with E-state index in [4.69, 9.17) is 0 Å². The Bertz CT molecular complexity index is 839. The molecule has 160 valence electrons. The first kappa shape index (κ1) is 20.6. The zero-order valence-electron chi connectivity index (χ0n) is 17.6. The van der Waals surface area contributed by atoms with E-state index in [1.165, 1.54) is 6.92 Å². The SMILES string of the molecule is CC(=O)N1C=Cc2ccccc2C1CC(=O)N1CCN(CC(=O)N2CCCC2)CC1. The maximum atomic E-state index is 13.1. The van der Waals surface area contributed by atoms with Crippen LogP contribution in [0.5, 0.6) is 0 Å². The molecular formula is C23H30N4O3. The van der Waals surface area contributed by atoms with Gasteiger partial charge in [-0.05, 0) is 30.0 Å². The first-order valence-corrected chi connectivity index (χ1v) is 10.9. The molecule has 3 aliphatic heterocycles. The Kier molecular flexibility index (Phi) is 6.18. The van der Waals surface area contributed by atoms with E-state index in [-0.39, 0.29) is 30.2 Å². The molecule has 2 fully saturated rings. The van der Waals surface area contributed by atoms with Gasteiger partial charge in [0.25, 0.3) is 0 Å². The van der Waals surface area contributed by atoms with Crippen LogP contribution in [-0.2, 0) is 14.4 Å². The van der Waals surface area contributed by atoms with Gasteiger partial charge in [-0.25, -0.2) is 0 Å². The summed E-state index contributed by atoms with van der Waals surface area (Å²) in [5, 5.41) is 0. The fourth-order valence-electron chi connectivity index (χ4n) is 4.62. The number of benzene rings is 1. The highest BCUT2D eigenvalue weighted by Gasteiger charge is 2.31. The third kappa shape index (κ3) is 4.41. The van der Waals surface area contributed by atoms with Crippen molar-refractivity contribution < 1.29 is 14.4 Å². The molecule has 1 aromatic carbocycles. The summed E-state index contributed by atoms with van der Waals surface area (Å²) in [6, 6.07) is 7.65. The number of piperazine rings is 1. The molecule has 4 rings (SSSR count). The van der Waals surface area contributed by atoms with Gasteiger partial charge in [-0.3, -0.25) is 19.3 Å². The topological polar surface area (TPSA) is 64.2 Å². The maximum absolute atomic E-state index is 13.1. The monoisotopic (exact) mass is 410 g/mol. The summed E-state index contributed by atoms with van der Waals surface area (Å²) < 4.78 is 0. The Hall–Kier alpha value is -2.67. The summed E-state index contributed by atoms with van der Waals surface area (Å²) in [5.74, 6) is 0.195. The Morgan fingerprint density at radius 3 is 2.27 bits per heavy atom. The minimum atomic E-state index is -0.272. The second-order valence-electron chi connectivity index (χ2n) is 8.34. The lowest BCUT2D eigenvalue weighted by Crippen LogP contribution is -2.51. The number of nitrogens with zero attached hydrogens (tertiary/aromatic N) is 4. The molecule has 3 heterocycles. The van der Waals surface area contributed by atoms with Crippen LogP contribution in [0.25, 0.3) is 6.08 Å². The molecular weight excluding hydrogens is 380 g/mol. The molecule has 3 aliphatic rings. The summed E-state index contributed by atoms with van der Waals surface area (Å²) in [6.45, 7) is 6.40. The lowest BCUT2D eigenvalue weighted by atomic mass is 9.93. The van der Waals surface area contributed by atoms with Crippen molar-refractivity contribution in [3.05, 3.63) is 41.6 Å². The molecule has 7 nitrogen and oxygen atoms in total. The van der Waals surface area contributed by atoms with Gasteiger partial charge >= 0.3 is 0 Å². The number of hydrogen-bond acceptors (Lipinski definition) is 4. The van der Waals surface area contributed by atoms with Gasteiger partial charge in [-0.1, -0.05) is 24.3 Å². The molecule has 0 N–H and O–H groups in total. The van der Waals surface area contributed by atoms with Gasteiger partial charge in [0.2, 0.25) is 17.7 Å². The van der Waals surface area contributed by atoms with Gasteiger partial charge in [-0.2, -0.15) is 0 Å². The highest BCUT2D eigenvalue weighted by atomic mass is 16.2. The van der Waals surface area contributed by atoms with Crippen LogP contribution in [0.15, 0.2) is 30.5 Å². The van der Waals surface area contributed by atoms with Crippen molar-refractivity contribution in [3.63, 3.8) is 0 Å². The Morgan fingerprint density at radius 2 is 1.57 bits per heavy atom. The molecule has 1 unspecified atom stereocenters. The van der Waals surface area contributed by atoms with Crippen molar-refractivity contribution in [1.82, 2.24) is 19.6 Å². The van der Waals surface area contributed by atoms with E-state index in [1.54, 1.807) is 11.1 Å². The summed E-state index contributed by atoms with van der Waals surface area (Å²) in [7, 11) is 0. The van der Waals surface area contributed by atoms with Gasteiger partial charge in [0.05, 0.1) is 19.0 Å². The summed E-state index contributed by atoms with van der Waals surface area (Å²) >= 11 is 0. The van der Waals surface area contributed by atoms with Crippen LogP contribution in [0.1, 0.15) is 43.4 Å². The number of carbonyl (C=O) groups excluding carboxylic acids is 3. The predicted octanol–water partition coefficient (Wildman–Crippen LogP) is 1.72. The number of likely N-dealkylation sites (tertiary alicyclic amines) is 1. The molecule has 30 heavy (non-hydrogen) atoms. The van der Waals surface area contributed by atoms with E-state index in [1.807, 2.05) is 40.1 Å². The van der Waals surface area contributed by atoms with Crippen LogP contribution in [0, 0.1) is 0 Å². The lowest BCUT2D eigenvalue weighted by molar-refractivity contribution is -0.136. The maximum Gasteiger partial charge on any atom is 0.236 e. The van der Waals surface area contributed by atoms with Crippen LogP contribution >= 0.6 is 0 Å². The van der Waals surface area contributed by atoms with E-state index in [9.17, 15) is 14.4 Å². The molecule has 0 aromatic heterocycles. The van der Waals surface area contributed by atoms with Gasteiger partial charge in [0, 0.05) is 52.4 Å². The minimum Gasteiger partial charge on any atom is -0.342 e. The first-order valence-electron chi connectivity index (χ1n) is 10.9. The van der Waals surface area contributed by atoms with Crippen molar-refractivity contribution >= 4 is 23.8 Å². The molecule has 3 amide bonds.